The van der Waals surface area contributed by atoms with Gasteiger partial charge in [-0.1, -0.05) is 31.3 Å². The molecule has 1 aromatic heterocycles. The predicted molar refractivity (Wildman–Crippen MR) is 100 cm³/mol. The highest BCUT2D eigenvalue weighted by atomic mass is 32.1. The zero-order valence-electron chi connectivity index (χ0n) is 15.0. The molecule has 134 valence electrons. The van der Waals surface area contributed by atoms with E-state index in [1.165, 1.54) is 11.3 Å². The van der Waals surface area contributed by atoms with Crippen molar-refractivity contribution in [3.05, 3.63) is 39.9 Å². The molecular formula is C18H24N4O2S. The lowest BCUT2D eigenvalue weighted by Gasteiger charge is -2.07. The van der Waals surface area contributed by atoms with E-state index in [2.05, 4.69) is 34.7 Å². The molecule has 7 heteroatoms. The number of benzene rings is 1. The van der Waals surface area contributed by atoms with E-state index in [0.717, 1.165) is 29.0 Å². The first-order chi connectivity index (χ1) is 11.9. The molecule has 6 nitrogen and oxygen atoms in total. The number of nitrogens with one attached hydrogen (secondary N) is 2. The number of nitrogens with zero attached hydrogens (tertiary/aromatic N) is 2. The molecular weight excluding hydrogens is 336 g/mol. The highest BCUT2D eigenvalue weighted by molar-refractivity contribution is 7.15. The van der Waals surface area contributed by atoms with Crippen LogP contribution in [0.5, 0.6) is 0 Å². The summed E-state index contributed by atoms with van der Waals surface area (Å²) in [5, 5.41) is 14.8. The zero-order valence-corrected chi connectivity index (χ0v) is 15.9. The first-order valence-electron chi connectivity index (χ1n) is 8.43. The van der Waals surface area contributed by atoms with E-state index in [9.17, 15) is 9.59 Å². The van der Waals surface area contributed by atoms with E-state index in [-0.39, 0.29) is 18.4 Å². The molecule has 1 aromatic carbocycles. The van der Waals surface area contributed by atoms with Gasteiger partial charge in [0, 0.05) is 11.5 Å². The quantitative estimate of drug-likeness (QED) is 0.792. The Kier molecular flexibility index (Phi) is 6.64. The van der Waals surface area contributed by atoms with Crippen LogP contribution in [-0.4, -0.2) is 28.6 Å². The molecule has 25 heavy (non-hydrogen) atoms. The fourth-order valence-electron chi connectivity index (χ4n) is 2.40. The number of hydrogen-bond donors (Lipinski definition) is 2. The number of amides is 2. The summed E-state index contributed by atoms with van der Waals surface area (Å²) in [7, 11) is 0. The smallest absolute Gasteiger partial charge is 0.251 e. The summed E-state index contributed by atoms with van der Waals surface area (Å²) < 4.78 is 0. The van der Waals surface area contributed by atoms with E-state index in [0.29, 0.717) is 16.6 Å². The van der Waals surface area contributed by atoms with Gasteiger partial charge >= 0.3 is 0 Å². The summed E-state index contributed by atoms with van der Waals surface area (Å²) in [6.45, 7) is 8.05. The Bertz CT molecular complexity index is 753. The Hall–Kier alpha value is -2.28. The van der Waals surface area contributed by atoms with Crippen molar-refractivity contribution in [1.82, 2.24) is 15.5 Å². The number of carbonyl (C=O) groups is 2. The standard InChI is InChI=1S/C18H24N4O2S/c1-5-13(6-2)17-21-22-18(25-17)20-15(23)10-19-16(24)14-8-7-11(3)12(4)9-14/h7-9,13H,5-6,10H2,1-4H3,(H,19,24)(H,20,22,23). The Morgan fingerprint density at radius 1 is 1.12 bits per heavy atom. The second-order valence-corrected chi connectivity index (χ2v) is 7.00. The lowest BCUT2D eigenvalue weighted by atomic mass is 10.1. The topological polar surface area (TPSA) is 84.0 Å². The van der Waals surface area contributed by atoms with Gasteiger partial charge in [-0.2, -0.15) is 0 Å². The van der Waals surface area contributed by atoms with Crippen LogP contribution in [-0.2, 0) is 4.79 Å². The molecule has 0 fully saturated rings. The number of carbonyl (C=O) groups excluding carboxylic acids is 2. The monoisotopic (exact) mass is 360 g/mol. The number of aromatic nitrogens is 2. The number of hydrogen-bond acceptors (Lipinski definition) is 5. The van der Waals surface area contributed by atoms with Crippen LogP contribution < -0.4 is 10.6 Å². The molecule has 2 N–H and O–H groups in total. The summed E-state index contributed by atoms with van der Waals surface area (Å²) in [5.41, 5.74) is 2.71. The van der Waals surface area contributed by atoms with Gasteiger partial charge in [-0.05, 0) is 49.9 Å². The minimum atomic E-state index is -0.315. The fraction of sp³-hybridized carbons (Fsp3) is 0.444. The lowest BCUT2D eigenvalue weighted by Crippen LogP contribution is -2.32. The van der Waals surface area contributed by atoms with Crippen molar-refractivity contribution in [3.63, 3.8) is 0 Å². The van der Waals surface area contributed by atoms with Crippen LogP contribution in [0.2, 0.25) is 0 Å². The van der Waals surface area contributed by atoms with Gasteiger partial charge < -0.3 is 5.32 Å². The maximum absolute atomic E-state index is 12.1. The molecule has 0 spiro atoms. The van der Waals surface area contributed by atoms with E-state index < -0.39 is 0 Å². The molecule has 0 radical (unpaired) electrons. The molecule has 1 heterocycles. The Morgan fingerprint density at radius 2 is 1.84 bits per heavy atom. The van der Waals surface area contributed by atoms with Crippen molar-refractivity contribution < 1.29 is 9.59 Å². The highest BCUT2D eigenvalue weighted by Gasteiger charge is 2.15. The maximum atomic E-state index is 12.1. The molecule has 2 aromatic rings. The molecule has 0 aliphatic carbocycles. The number of rotatable bonds is 7. The zero-order chi connectivity index (χ0) is 18.4. The van der Waals surface area contributed by atoms with Gasteiger partial charge in [0.05, 0.1) is 6.54 Å². The van der Waals surface area contributed by atoms with Crippen molar-refractivity contribution in [1.29, 1.82) is 0 Å². The van der Waals surface area contributed by atoms with Crippen molar-refractivity contribution in [2.75, 3.05) is 11.9 Å². The first-order valence-corrected chi connectivity index (χ1v) is 9.24. The molecule has 0 aliphatic heterocycles. The average Bonchev–Trinajstić information content (AvgIpc) is 3.04. The fourth-order valence-corrected chi connectivity index (χ4v) is 3.42. The third-order valence-electron chi connectivity index (χ3n) is 4.20. The Balaban J connectivity index is 1.88. The lowest BCUT2D eigenvalue weighted by molar-refractivity contribution is -0.115. The van der Waals surface area contributed by atoms with Crippen molar-refractivity contribution in [2.24, 2.45) is 0 Å². The van der Waals surface area contributed by atoms with Gasteiger partial charge in [0.1, 0.15) is 5.01 Å². The Morgan fingerprint density at radius 3 is 2.48 bits per heavy atom. The van der Waals surface area contributed by atoms with E-state index in [1.54, 1.807) is 6.07 Å². The van der Waals surface area contributed by atoms with E-state index in [4.69, 9.17) is 0 Å². The average molecular weight is 360 g/mol. The SMILES string of the molecule is CCC(CC)c1nnc(NC(=O)CNC(=O)c2ccc(C)c(C)c2)s1. The first kappa shape index (κ1) is 19.1. The van der Waals surface area contributed by atoms with Gasteiger partial charge in [0.15, 0.2) is 0 Å². The van der Waals surface area contributed by atoms with Gasteiger partial charge in [0.2, 0.25) is 11.0 Å². The third kappa shape index (κ3) is 5.09. The Labute approximate surface area is 152 Å². The van der Waals surface area contributed by atoms with E-state index >= 15 is 0 Å². The summed E-state index contributed by atoms with van der Waals surface area (Å²) in [5.74, 6) is -0.217. The predicted octanol–water partition coefficient (Wildman–Crippen LogP) is 3.43. The number of aryl methyl sites for hydroxylation is 2. The summed E-state index contributed by atoms with van der Waals surface area (Å²) in [4.78, 5) is 24.1. The van der Waals surface area contributed by atoms with Gasteiger partial charge in [-0.15, -0.1) is 10.2 Å². The van der Waals surface area contributed by atoms with E-state index in [1.807, 2.05) is 26.0 Å². The highest BCUT2D eigenvalue weighted by Crippen LogP contribution is 2.27. The molecule has 0 aliphatic rings. The van der Waals surface area contributed by atoms with Crippen LogP contribution in [0.1, 0.15) is 59.1 Å². The summed E-state index contributed by atoms with van der Waals surface area (Å²) >= 11 is 1.39. The largest absolute Gasteiger partial charge is 0.343 e. The van der Waals surface area contributed by atoms with Crippen molar-refractivity contribution in [2.45, 2.75) is 46.5 Å². The molecule has 2 amide bonds. The van der Waals surface area contributed by atoms with Crippen LogP contribution in [0.3, 0.4) is 0 Å². The minimum Gasteiger partial charge on any atom is -0.343 e. The van der Waals surface area contributed by atoms with Crippen molar-refractivity contribution in [3.8, 4) is 0 Å². The molecule has 0 bridgehead atoms. The van der Waals surface area contributed by atoms with Crippen LogP contribution in [0.4, 0.5) is 5.13 Å². The van der Waals surface area contributed by atoms with Crippen LogP contribution in [0.15, 0.2) is 18.2 Å². The molecule has 2 rings (SSSR count). The molecule has 0 atom stereocenters. The molecule has 0 unspecified atom stereocenters. The molecule has 0 saturated carbocycles. The summed E-state index contributed by atoms with van der Waals surface area (Å²) in [6.07, 6.45) is 1.98. The second-order valence-electron chi connectivity index (χ2n) is 5.99. The van der Waals surface area contributed by atoms with Gasteiger partial charge in [0.25, 0.3) is 5.91 Å². The van der Waals surface area contributed by atoms with Crippen LogP contribution in [0, 0.1) is 13.8 Å². The third-order valence-corrected chi connectivity index (χ3v) is 5.20. The normalized spacial score (nSPS) is 10.8. The second kappa shape index (κ2) is 8.71. The molecule has 0 saturated heterocycles. The number of anilines is 1. The maximum Gasteiger partial charge on any atom is 0.251 e. The minimum absolute atomic E-state index is 0.106. The van der Waals surface area contributed by atoms with Crippen LogP contribution >= 0.6 is 11.3 Å². The van der Waals surface area contributed by atoms with Gasteiger partial charge in [-0.25, -0.2) is 0 Å². The summed E-state index contributed by atoms with van der Waals surface area (Å²) in [6, 6.07) is 5.46. The van der Waals surface area contributed by atoms with Gasteiger partial charge in [-0.3, -0.25) is 14.9 Å². The van der Waals surface area contributed by atoms with Crippen molar-refractivity contribution >= 4 is 28.3 Å². The van der Waals surface area contributed by atoms with Crippen LogP contribution in [0.25, 0.3) is 0 Å².